The molecule has 0 spiro atoms. The lowest BCUT2D eigenvalue weighted by atomic mass is 9.80. The van der Waals surface area contributed by atoms with Crippen LogP contribution in [0, 0.1) is 12.3 Å². The van der Waals surface area contributed by atoms with Crippen molar-refractivity contribution in [3.05, 3.63) is 17.5 Å². The lowest BCUT2D eigenvalue weighted by Crippen LogP contribution is -2.41. The molecule has 0 saturated heterocycles. The molecule has 1 aromatic rings. The molecule has 1 atom stereocenters. The van der Waals surface area contributed by atoms with Gasteiger partial charge in [-0.15, -0.1) is 0 Å². The topological polar surface area (TPSA) is 29.9 Å². The number of likely N-dealkylation sites (N-methyl/N-ethyl adjacent to an activating group) is 1. The van der Waals surface area contributed by atoms with Crippen LogP contribution in [0.2, 0.25) is 0 Å². The van der Waals surface area contributed by atoms with Gasteiger partial charge in [0.05, 0.1) is 5.69 Å². The molecule has 1 aromatic heterocycles. The molecule has 0 aliphatic rings. The summed E-state index contributed by atoms with van der Waals surface area (Å²) in [5.74, 6) is 0. The van der Waals surface area contributed by atoms with E-state index in [1.807, 2.05) is 25.7 Å². The van der Waals surface area contributed by atoms with E-state index >= 15 is 0 Å². The van der Waals surface area contributed by atoms with E-state index in [1.54, 1.807) is 0 Å². The van der Waals surface area contributed by atoms with E-state index in [9.17, 15) is 0 Å². The van der Waals surface area contributed by atoms with Crippen molar-refractivity contribution in [2.75, 3.05) is 7.05 Å². The molecule has 1 N–H and O–H groups in total. The normalized spacial score (nSPS) is 14.1. The second-order valence-corrected chi connectivity index (χ2v) is 5.29. The predicted molar refractivity (Wildman–Crippen MR) is 68.6 cm³/mol. The van der Waals surface area contributed by atoms with Gasteiger partial charge < -0.3 is 5.32 Å². The highest BCUT2D eigenvalue weighted by molar-refractivity contribution is 5.11. The van der Waals surface area contributed by atoms with E-state index in [1.165, 1.54) is 12.1 Å². The first kappa shape index (κ1) is 13.2. The summed E-state index contributed by atoms with van der Waals surface area (Å²) >= 11 is 0. The monoisotopic (exact) mass is 223 g/mol. The van der Waals surface area contributed by atoms with Crippen molar-refractivity contribution in [2.24, 2.45) is 12.5 Å². The highest BCUT2D eigenvalue weighted by Crippen LogP contribution is 2.27. The van der Waals surface area contributed by atoms with Gasteiger partial charge in [-0.3, -0.25) is 4.68 Å². The van der Waals surface area contributed by atoms with Gasteiger partial charge in [-0.05, 0) is 31.9 Å². The Bertz CT molecular complexity index is 339. The van der Waals surface area contributed by atoms with E-state index in [4.69, 9.17) is 0 Å². The van der Waals surface area contributed by atoms with Gasteiger partial charge in [0.15, 0.2) is 0 Å². The Morgan fingerprint density at radius 1 is 1.50 bits per heavy atom. The summed E-state index contributed by atoms with van der Waals surface area (Å²) in [6.45, 7) is 8.93. The van der Waals surface area contributed by atoms with Crippen molar-refractivity contribution >= 4 is 0 Å². The molecular weight excluding hydrogens is 198 g/mol. The second kappa shape index (κ2) is 5.00. The maximum atomic E-state index is 4.40. The number of nitrogens with zero attached hydrogens (tertiary/aromatic N) is 2. The van der Waals surface area contributed by atoms with Crippen LogP contribution >= 0.6 is 0 Å². The van der Waals surface area contributed by atoms with E-state index < -0.39 is 0 Å². The van der Waals surface area contributed by atoms with Gasteiger partial charge in [0.1, 0.15) is 0 Å². The van der Waals surface area contributed by atoms with Crippen LogP contribution in [0.1, 0.15) is 38.6 Å². The first-order chi connectivity index (χ1) is 7.40. The molecule has 0 saturated carbocycles. The summed E-state index contributed by atoms with van der Waals surface area (Å²) in [6.07, 6.45) is 2.21. The van der Waals surface area contributed by atoms with Crippen LogP contribution in [0.25, 0.3) is 0 Å². The largest absolute Gasteiger partial charge is 0.316 e. The minimum Gasteiger partial charge on any atom is -0.316 e. The fourth-order valence-corrected chi connectivity index (χ4v) is 2.08. The maximum absolute atomic E-state index is 4.40. The van der Waals surface area contributed by atoms with Crippen molar-refractivity contribution in [1.29, 1.82) is 0 Å². The van der Waals surface area contributed by atoms with Gasteiger partial charge >= 0.3 is 0 Å². The molecule has 3 nitrogen and oxygen atoms in total. The smallest absolute Gasteiger partial charge is 0.0596 e. The molecule has 0 fully saturated rings. The zero-order valence-electron chi connectivity index (χ0n) is 11.5. The lowest BCUT2D eigenvalue weighted by Gasteiger charge is -2.33. The maximum Gasteiger partial charge on any atom is 0.0596 e. The average Bonchev–Trinajstić information content (AvgIpc) is 2.53. The summed E-state index contributed by atoms with van der Waals surface area (Å²) in [5, 5.41) is 7.83. The van der Waals surface area contributed by atoms with Crippen LogP contribution < -0.4 is 5.32 Å². The number of hydrogen-bond acceptors (Lipinski definition) is 2. The van der Waals surface area contributed by atoms with E-state index in [0.717, 1.165) is 12.1 Å². The fraction of sp³-hybridized carbons (Fsp3) is 0.769. The molecule has 0 bridgehead atoms. The van der Waals surface area contributed by atoms with Crippen LogP contribution in [-0.4, -0.2) is 22.9 Å². The molecule has 0 aliphatic heterocycles. The van der Waals surface area contributed by atoms with Gasteiger partial charge in [0, 0.05) is 25.2 Å². The van der Waals surface area contributed by atoms with Crippen molar-refractivity contribution in [1.82, 2.24) is 15.1 Å². The Morgan fingerprint density at radius 3 is 2.50 bits per heavy atom. The Hall–Kier alpha value is -0.830. The van der Waals surface area contributed by atoms with E-state index in [2.05, 4.69) is 37.3 Å². The Labute approximate surface area is 99.2 Å². The van der Waals surface area contributed by atoms with E-state index in [-0.39, 0.29) is 0 Å². The third kappa shape index (κ3) is 2.85. The molecular formula is C13H25N3. The van der Waals surface area contributed by atoms with Crippen molar-refractivity contribution in [2.45, 2.75) is 46.6 Å². The number of hydrogen-bond donors (Lipinski definition) is 1. The number of aryl methyl sites for hydroxylation is 2. The third-order valence-corrected chi connectivity index (χ3v) is 3.72. The average molecular weight is 223 g/mol. The third-order valence-electron chi connectivity index (χ3n) is 3.72. The molecule has 16 heavy (non-hydrogen) atoms. The summed E-state index contributed by atoms with van der Waals surface area (Å²) in [7, 11) is 4.07. The van der Waals surface area contributed by atoms with Crippen LogP contribution in [0.3, 0.4) is 0 Å². The van der Waals surface area contributed by atoms with Gasteiger partial charge in [-0.2, -0.15) is 5.10 Å². The highest BCUT2D eigenvalue weighted by atomic mass is 15.3. The molecule has 3 heteroatoms. The zero-order valence-corrected chi connectivity index (χ0v) is 11.5. The zero-order chi connectivity index (χ0) is 12.3. The summed E-state index contributed by atoms with van der Waals surface area (Å²) in [4.78, 5) is 0. The molecule has 0 radical (unpaired) electrons. The van der Waals surface area contributed by atoms with Gasteiger partial charge in [0.25, 0.3) is 0 Å². The SMILES string of the molecule is CCC(C)(C)C(Cc1cc(C)nn1C)NC. The summed E-state index contributed by atoms with van der Waals surface area (Å²) in [5.41, 5.74) is 2.72. The van der Waals surface area contributed by atoms with Gasteiger partial charge in [-0.1, -0.05) is 20.8 Å². The fourth-order valence-electron chi connectivity index (χ4n) is 2.08. The molecule has 92 valence electrons. The predicted octanol–water partition coefficient (Wildman–Crippen LogP) is 2.30. The van der Waals surface area contributed by atoms with Gasteiger partial charge in [-0.25, -0.2) is 0 Å². The first-order valence-electron chi connectivity index (χ1n) is 6.07. The molecule has 1 heterocycles. The molecule has 0 aromatic carbocycles. The Kier molecular flexibility index (Phi) is 4.14. The lowest BCUT2D eigenvalue weighted by molar-refractivity contribution is 0.238. The van der Waals surface area contributed by atoms with Crippen molar-refractivity contribution in [3.63, 3.8) is 0 Å². The first-order valence-corrected chi connectivity index (χ1v) is 6.07. The minimum absolute atomic E-state index is 0.312. The molecule has 1 unspecified atom stereocenters. The minimum atomic E-state index is 0.312. The number of rotatable bonds is 5. The van der Waals surface area contributed by atoms with Crippen LogP contribution in [0.15, 0.2) is 6.07 Å². The van der Waals surface area contributed by atoms with Crippen molar-refractivity contribution in [3.8, 4) is 0 Å². The quantitative estimate of drug-likeness (QED) is 0.830. The number of nitrogens with one attached hydrogen (secondary N) is 1. The number of aromatic nitrogens is 2. The van der Waals surface area contributed by atoms with Crippen molar-refractivity contribution < 1.29 is 0 Å². The van der Waals surface area contributed by atoms with E-state index in [0.29, 0.717) is 11.5 Å². The van der Waals surface area contributed by atoms with Gasteiger partial charge in [0.2, 0.25) is 0 Å². The summed E-state index contributed by atoms with van der Waals surface area (Å²) in [6, 6.07) is 2.67. The Morgan fingerprint density at radius 2 is 2.12 bits per heavy atom. The second-order valence-electron chi connectivity index (χ2n) is 5.29. The standard InChI is InChI=1S/C13H25N3/c1-7-13(3,4)12(14-5)9-11-8-10(2)15-16(11)6/h8,12,14H,7,9H2,1-6H3. The molecule has 0 amide bonds. The Balaban J connectivity index is 2.82. The summed E-state index contributed by atoms with van der Waals surface area (Å²) < 4.78 is 1.99. The van der Waals surface area contributed by atoms with Crippen LogP contribution in [-0.2, 0) is 13.5 Å². The highest BCUT2D eigenvalue weighted by Gasteiger charge is 2.27. The molecule has 0 aliphatic carbocycles. The molecule has 1 rings (SSSR count). The van der Waals surface area contributed by atoms with Crippen LogP contribution in [0.4, 0.5) is 0 Å². The van der Waals surface area contributed by atoms with Crippen LogP contribution in [0.5, 0.6) is 0 Å².